The number of benzene rings is 1. The van der Waals surface area contributed by atoms with E-state index in [1.54, 1.807) is 29.4 Å². The molecule has 0 spiro atoms. The molecule has 1 N–H and O–H groups in total. The van der Waals surface area contributed by atoms with Gasteiger partial charge in [-0.2, -0.15) is 0 Å². The number of nitrogens with zero attached hydrogens (tertiary/aromatic N) is 2. The summed E-state index contributed by atoms with van der Waals surface area (Å²) >= 11 is 16.8. The van der Waals surface area contributed by atoms with E-state index in [1.807, 2.05) is 14.1 Å². The molecule has 0 aromatic heterocycles. The molecule has 0 aliphatic heterocycles. The van der Waals surface area contributed by atoms with E-state index in [0.29, 0.717) is 20.8 Å². The van der Waals surface area contributed by atoms with Crippen LogP contribution in [0, 0.1) is 0 Å². The molecular weight excluding hydrogens is 265 g/mol. The Morgan fingerprint density at radius 2 is 2.12 bits per heavy atom. The van der Waals surface area contributed by atoms with Crippen molar-refractivity contribution >= 4 is 52.6 Å². The van der Waals surface area contributed by atoms with Crippen molar-refractivity contribution in [1.82, 2.24) is 4.90 Å². The first-order valence-electron chi connectivity index (χ1n) is 4.45. The molecule has 1 aromatic rings. The minimum atomic E-state index is 0.345. The highest BCUT2D eigenvalue weighted by molar-refractivity contribution is 7.80. The van der Waals surface area contributed by atoms with Crippen LogP contribution in [0.1, 0.15) is 0 Å². The van der Waals surface area contributed by atoms with Crippen molar-refractivity contribution < 1.29 is 0 Å². The monoisotopic (exact) mass is 275 g/mol. The minimum Gasteiger partial charge on any atom is -0.369 e. The first-order chi connectivity index (χ1) is 7.49. The maximum Gasteiger partial charge on any atom is 0.198 e. The summed E-state index contributed by atoms with van der Waals surface area (Å²) in [5, 5.41) is 4.35. The van der Waals surface area contributed by atoms with Crippen LogP contribution in [0.3, 0.4) is 0 Å². The first kappa shape index (κ1) is 13.2. The summed E-state index contributed by atoms with van der Waals surface area (Å²) in [5.74, 6) is 0. The zero-order chi connectivity index (χ0) is 12.1. The number of halogens is 2. The summed E-state index contributed by atoms with van der Waals surface area (Å²) in [6, 6.07) is 5.12. The quantitative estimate of drug-likeness (QED) is 0.510. The lowest BCUT2D eigenvalue weighted by molar-refractivity contribution is 0.644. The average molecular weight is 276 g/mol. The SMILES string of the molecule is CN(C)C=NC(=S)Nc1ccc(Cl)cc1Cl. The second kappa shape index (κ2) is 6.03. The summed E-state index contributed by atoms with van der Waals surface area (Å²) in [4.78, 5) is 5.80. The Bertz CT molecular complexity index is 419. The van der Waals surface area contributed by atoms with E-state index >= 15 is 0 Å². The van der Waals surface area contributed by atoms with Gasteiger partial charge < -0.3 is 10.2 Å². The Balaban J connectivity index is 2.70. The van der Waals surface area contributed by atoms with E-state index in [9.17, 15) is 0 Å². The van der Waals surface area contributed by atoms with Gasteiger partial charge in [0.2, 0.25) is 0 Å². The molecule has 0 aliphatic carbocycles. The van der Waals surface area contributed by atoms with Gasteiger partial charge in [-0.05, 0) is 30.4 Å². The summed E-state index contributed by atoms with van der Waals surface area (Å²) in [7, 11) is 3.72. The van der Waals surface area contributed by atoms with Crippen molar-refractivity contribution in [3.63, 3.8) is 0 Å². The Hall–Kier alpha value is -0.840. The summed E-state index contributed by atoms with van der Waals surface area (Å²) in [6.45, 7) is 0. The highest BCUT2D eigenvalue weighted by atomic mass is 35.5. The van der Waals surface area contributed by atoms with E-state index < -0.39 is 0 Å². The molecule has 86 valence electrons. The fourth-order valence-corrected chi connectivity index (χ4v) is 1.52. The minimum absolute atomic E-state index is 0.345. The van der Waals surface area contributed by atoms with Crippen LogP contribution in [0.15, 0.2) is 23.2 Å². The predicted octanol–water partition coefficient (Wildman–Crippen LogP) is 3.28. The fourth-order valence-electron chi connectivity index (χ4n) is 0.906. The third kappa shape index (κ3) is 4.35. The smallest absolute Gasteiger partial charge is 0.198 e. The molecule has 1 aromatic carbocycles. The van der Waals surface area contributed by atoms with Gasteiger partial charge in [0, 0.05) is 19.1 Å². The highest BCUT2D eigenvalue weighted by Gasteiger charge is 2.02. The van der Waals surface area contributed by atoms with Crippen molar-refractivity contribution in [3.8, 4) is 0 Å². The van der Waals surface area contributed by atoms with Crippen LogP contribution in [0.2, 0.25) is 10.0 Å². The van der Waals surface area contributed by atoms with Crippen LogP contribution in [0.25, 0.3) is 0 Å². The molecule has 0 unspecified atom stereocenters. The van der Waals surface area contributed by atoms with Crippen LogP contribution in [-0.4, -0.2) is 30.4 Å². The second-order valence-corrected chi connectivity index (χ2v) is 4.49. The van der Waals surface area contributed by atoms with Gasteiger partial charge in [-0.3, -0.25) is 0 Å². The second-order valence-electron chi connectivity index (χ2n) is 3.26. The number of rotatable bonds is 2. The highest BCUT2D eigenvalue weighted by Crippen LogP contribution is 2.25. The van der Waals surface area contributed by atoms with Gasteiger partial charge in [-0.1, -0.05) is 23.2 Å². The number of nitrogens with one attached hydrogen (secondary N) is 1. The summed E-state index contributed by atoms with van der Waals surface area (Å²) in [6.07, 6.45) is 1.61. The average Bonchev–Trinajstić information content (AvgIpc) is 2.19. The molecule has 3 nitrogen and oxygen atoms in total. The molecule has 0 aliphatic rings. The number of thiocarbonyl (C=S) groups is 1. The predicted molar refractivity (Wildman–Crippen MR) is 74.9 cm³/mol. The number of aliphatic imine (C=N–C) groups is 1. The Morgan fingerprint density at radius 3 is 2.69 bits per heavy atom. The normalized spacial score (nSPS) is 10.5. The number of hydrogen-bond acceptors (Lipinski definition) is 1. The lowest BCUT2D eigenvalue weighted by atomic mass is 10.3. The molecule has 16 heavy (non-hydrogen) atoms. The van der Waals surface area contributed by atoms with Crippen LogP contribution in [0.5, 0.6) is 0 Å². The van der Waals surface area contributed by atoms with Gasteiger partial charge in [0.05, 0.1) is 17.0 Å². The van der Waals surface area contributed by atoms with Crippen molar-refractivity contribution in [1.29, 1.82) is 0 Å². The summed E-state index contributed by atoms with van der Waals surface area (Å²) < 4.78 is 0. The molecule has 1 rings (SSSR count). The van der Waals surface area contributed by atoms with Gasteiger partial charge in [0.15, 0.2) is 5.11 Å². The first-order valence-corrected chi connectivity index (χ1v) is 5.62. The fraction of sp³-hybridized carbons (Fsp3) is 0.200. The van der Waals surface area contributed by atoms with Gasteiger partial charge in [-0.15, -0.1) is 0 Å². The van der Waals surface area contributed by atoms with Crippen LogP contribution in [-0.2, 0) is 0 Å². The lowest BCUT2D eigenvalue weighted by Gasteiger charge is -2.07. The molecule has 6 heteroatoms. The molecule has 0 fully saturated rings. The maximum absolute atomic E-state index is 5.97. The molecule has 0 saturated carbocycles. The van der Waals surface area contributed by atoms with Gasteiger partial charge in [-0.25, -0.2) is 4.99 Å². The topological polar surface area (TPSA) is 27.6 Å². The van der Waals surface area contributed by atoms with Gasteiger partial charge in [0.25, 0.3) is 0 Å². The molecule has 0 heterocycles. The molecule has 0 amide bonds. The van der Waals surface area contributed by atoms with Crippen LogP contribution < -0.4 is 5.32 Å². The molecule has 0 bridgehead atoms. The molecular formula is C10H11Cl2N3S. The van der Waals surface area contributed by atoms with E-state index in [-0.39, 0.29) is 0 Å². The lowest BCUT2D eigenvalue weighted by Crippen LogP contribution is -2.12. The van der Waals surface area contributed by atoms with E-state index in [0.717, 1.165) is 0 Å². The van der Waals surface area contributed by atoms with Gasteiger partial charge >= 0.3 is 0 Å². The standard InChI is InChI=1S/C10H11Cl2N3S/c1-15(2)6-13-10(16)14-9-4-3-7(11)5-8(9)12/h3-6H,1-2H3,(H,14,16). The van der Waals surface area contributed by atoms with Crippen LogP contribution >= 0.6 is 35.4 Å². The van der Waals surface area contributed by atoms with Crippen molar-refractivity contribution in [3.05, 3.63) is 28.2 Å². The van der Waals surface area contributed by atoms with Crippen LogP contribution in [0.4, 0.5) is 5.69 Å². The largest absolute Gasteiger partial charge is 0.369 e. The molecule has 0 radical (unpaired) electrons. The summed E-state index contributed by atoms with van der Waals surface area (Å²) in [5.41, 5.74) is 0.687. The zero-order valence-corrected chi connectivity index (χ0v) is 11.2. The third-order valence-corrected chi connectivity index (χ3v) is 2.33. The van der Waals surface area contributed by atoms with E-state index in [4.69, 9.17) is 35.4 Å². The van der Waals surface area contributed by atoms with Gasteiger partial charge in [0.1, 0.15) is 0 Å². The number of hydrogen-bond donors (Lipinski definition) is 1. The third-order valence-electron chi connectivity index (χ3n) is 1.58. The van der Waals surface area contributed by atoms with Crippen molar-refractivity contribution in [2.24, 2.45) is 4.99 Å². The Labute approximate surface area is 110 Å². The number of anilines is 1. The Kier molecular flexibility index (Phi) is 4.99. The molecule has 0 atom stereocenters. The van der Waals surface area contributed by atoms with E-state index in [2.05, 4.69) is 10.3 Å². The Morgan fingerprint density at radius 1 is 1.44 bits per heavy atom. The van der Waals surface area contributed by atoms with Crippen molar-refractivity contribution in [2.45, 2.75) is 0 Å². The maximum atomic E-state index is 5.97. The zero-order valence-electron chi connectivity index (χ0n) is 8.87. The van der Waals surface area contributed by atoms with Crippen molar-refractivity contribution in [2.75, 3.05) is 19.4 Å². The molecule has 0 saturated heterocycles. The van der Waals surface area contributed by atoms with E-state index in [1.165, 1.54) is 0 Å².